The minimum atomic E-state index is -0.947. The van der Waals surface area contributed by atoms with Gasteiger partial charge < -0.3 is 30.2 Å². The molecule has 5 rings (SSSR count). The van der Waals surface area contributed by atoms with Gasteiger partial charge >= 0.3 is 11.8 Å². The lowest BCUT2D eigenvalue weighted by atomic mass is 9.99. The van der Waals surface area contributed by atoms with Crippen LogP contribution in [0.3, 0.4) is 0 Å². The Morgan fingerprint density at radius 1 is 0.930 bits per heavy atom. The second kappa shape index (κ2) is 13.9. The van der Waals surface area contributed by atoms with Crippen molar-refractivity contribution >= 4 is 28.4 Å². The number of ether oxygens (including phenoxy) is 3. The van der Waals surface area contributed by atoms with Crippen molar-refractivity contribution in [3.8, 4) is 23.0 Å². The number of benzene rings is 3. The summed E-state index contributed by atoms with van der Waals surface area (Å²) in [5, 5.41) is 8.81. The van der Waals surface area contributed by atoms with Crippen LogP contribution >= 0.6 is 0 Å². The highest BCUT2D eigenvalue weighted by atomic mass is 19.1. The molecule has 1 aromatic heterocycles. The maximum Gasteiger partial charge on any atom is 0.313 e. The summed E-state index contributed by atoms with van der Waals surface area (Å²) in [4.78, 5) is 28.9. The number of hydrogen-bond acceptors (Lipinski definition) is 7. The normalized spacial score (nSPS) is 13.4. The monoisotopic (exact) mass is 590 g/mol. The summed E-state index contributed by atoms with van der Waals surface area (Å²) in [6, 6.07) is 14.8. The molecule has 1 aliphatic heterocycles. The zero-order chi connectivity index (χ0) is 30.2. The number of pyridine rings is 1. The summed E-state index contributed by atoms with van der Waals surface area (Å²) in [6.45, 7) is 2.70. The van der Waals surface area contributed by atoms with E-state index in [1.165, 1.54) is 24.3 Å². The minimum absolute atomic E-state index is 0.0836. The molecule has 0 aliphatic carbocycles. The average Bonchev–Trinajstić information content (AvgIpc) is 3.02. The molecule has 11 heteroatoms. The fourth-order valence-electron chi connectivity index (χ4n) is 4.77. The smallest absolute Gasteiger partial charge is 0.313 e. The maximum absolute atomic E-state index is 15.0. The van der Waals surface area contributed by atoms with Gasteiger partial charge in [-0.1, -0.05) is 12.1 Å². The molecule has 1 aliphatic rings. The van der Waals surface area contributed by atoms with Crippen molar-refractivity contribution in [2.45, 2.75) is 19.3 Å². The van der Waals surface area contributed by atoms with Gasteiger partial charge in [0.1, 0.15) is 11.6 Å². The quantitative estimate of drug-likeness (QED) is 0.223. The fourth-order valence-corrected chi connectivity index (χ4v) is 4.77. The standard InChI is InChI=1S/C32H32F2N4O5/c1-41-29-17-24-26(18-30(29)42-19-21-8-12-35-13-9-21)36-15-11-27(24)43-28-7-6-23(16-25(28)34)38-32(40)31(39)37-14-10-20-2-4-22(33)5-3-20/h2-7,11,15-18,21,35H,8-10,12-14,19H2,1H3,(H,37,39)(H,38,40). The van der Waals surface area contributed by atoms with Crippen molar-refractivity contribution in [2.24, 2.45) is 5.92 Å². The number of amides is 2. The summed E-state index contributed by atoms with van der Waals surface area (Å²) in [7, 11) is 1.55. The van der Waals surface area contributed by atoms with E-state index in [0.717, 1.165) is 37.6 Å². The van der Waals surface area contributed by atoms with E-state index < -0.39 is 17.6 Å². The van der Waals surface area contributed by atoms with Crippen LogP contribution in [0.4, 0.5) is 14.5 Å². The van der Waals surface area contributed by atoms with Crippen LogP contribution in [0.2, 0.25) is 0 Å². The number of anilines is 1. The summed E-state index contributed by atoms with van der Waals surface area (Å²) in [5.74, 6) is -1.11. The third-order valence-electron chi connectivity index (χ3n) is 7.15. The number of carbonyl (C=O) groups is 2. The second-order valence-electron chi connectivity index (χ2n) is 10.2. The van der Waals surface area contributed by atoms with E-state index in [2.05, 4.69) is 20.9 Å². The van der Waals surface area contributed by atoms with Gasteiger partial charge in [0, 0.05) is 35.9 Å². The number of rotatable bonds is 10. The minimum Gasteiger partial charge on any atom is -0.493 e. The molecular formula is C32H32F2N4O5. The number of halogens is 2. The molecule has 0 atom stereocenters. The molecule has 1 fully saturated rings. The molecule has 9 nitrogen and oxygen atoms in total. The highest BCUT2D eigenvalue weighted by molar-refractivity contribution is 6.39. The summed E-state index contributed by atoms with van der Waals surface area (Å²) in [5.41, 5.74) is 1.48. The average molecular weight is 591 g/mol. The molecule has 2 heterocycles. The van der Waals surface area contributed by atoms with E-state index >= 15 is 4.39 Å². The van der Waals surface area contributed by atoms with Crippen LogP contribution < -0.4 is 30.2 Å². The van der Waals surface area contributed by atoms with Crippen LogP contribution in [0.1, 0.15) is 18.4 Å². The first-order chi connectivity index (χ1) is 20.9. The maximum atomic E-state index is 15.0. The van der Waals surface area contributed by atoms with E-state index in [1.807, 2.05) is 0 Å². The number of carbonyl (C=O) groups excluding carboxylic acids is 2. The highest BCUT2D eigenvalue weighted by Crippen LogP contribution is 2.38. The Balaban J connectivity index is 1.21. The Bertz CT molecular complexity index is 1590. The molecule has 0 spiro atoms. The number of aromatic nitrogens is 1. The number of methoxy groups -OCH3 is 1. The lowest BCUT2D eigenvalue weighted by Crippen LogP contribution is -2.36. The molecule has 3 aromatic carbocycles. The predicted octanol–water partition coefficient (Wildman–Crippen LogP) is 4.99. The Morgan fingerprint density at radius 2 is 1.72 bits per heavy atom. The van der Waals surface area contributed by atoms with Gasteiger partial charge in [0.25, 0.3) is 0 Å². The number of hydrogen-bond donors (Lipinski definition) is 3. The van der Waals surface area contributed by atoms with Gasteiger partial charge in [0.05, 0.1) is 19.2 Å². The third-order valence-corrected chi connectivity index (χ3v) is 7.15. The van der Waals surface area contributed by atoms with E-state index in [-0.39, 0.29) is 23.8 Å². The first-order valence-corrected chi connectivity index (χ1v) is 14.0. The van der Waals surface area contributed by atoms with Gasteiger partial charge in [-0.2, -0.15) is 0 Å². The van der Waals surface area contributed by atoms with Crippen molar-refractivity contribution in [3.63, 3.8) is 0 Å². The fraction of sp³-hybridized carbons (Fsp3) is 0.281. The summed E-state index contributed by atoms with van der Waals surface area (Å²) in [6.07, 6.45) is 4.07. The highest BCUT2D eigenvalue weighted by Gasteiger charge is 2.18. The molecule has 0 bridgehead atoms. The van der Waals surface area contributed by atoms with Gasteiger partial charge in [-0.05, 0) is 80.2 Å². The van der Waals surface area contributed by atoms with Crippen molar-refractivity contribution in [1.82, 2.24) is 15.6 Å². The Kier molecular flexibility index (Phi) is 9.63. The van der Waals surface area contributed by atoms with Crippen molar-refractivity contribution < 1.29 is 32.6 Å². The van der Waals surface area contributed by atoms with E-state index in [1.54, 1.807) is 43.6 Å². The summed E-state index contributed by atoms with van der Waals surface area (Å²) < 4.78 is 45.6. The van der Waals surface area contributed by atoms with Crippen LogP contribution in [0.15, 0.2) is 66.9 Å². The van der Waals surface area contributed by atoms with E-state index in [0.29, 0.717) is 47.1 Å². The largest absolute Gasteiger partial charge is 0.493 e. The molecule has 43 heavy (non-hydrogen) atoms. The lowest BCUT2D eigenvalue weighted by Gasteiger charge is -2.23. The number of nitrogens with zero attached hydrogens (tertiary/aromatic N) is 1. The first-order valence-electron chi connectivity index (χ1n) is 14.0. The zero-order valence-corrected chi connectivity index (χ0v) is 23.6. The van der Waals surface area contributed by atoms with Crippen molar-refractivity contribution in [3.05, 3.63) is 84.1 Å². The van der Waals surface area contributed by atoms with Gasteiger partial charge in [-0.25, -0.2) is 8.78 Å². The lowest BCUT2D eigenvalue weighted by molar-refractivity contribution is -0.136. The summed E-state index contributed by atoms with van der Waals surface area (Å²) >= 11 is 0. The topological polar surface area (TPSA) is 111 Å². The molecule has 0 unspecified atom stereocenters. The molecule has 0 saturated carbocycles. The number of fused-ring (bicyclic) bond motifs is 1. The van der Waals surface area contributed by atoms with E-state index in [9.17, 15) is 14.0 Å². The van der Waals surface area contributed by atoms with Crippen molar-refractivity contribution in [1.29, 1.82) is 0 Å². The second-order valence-corrected chi connectivity index (χ2v) is 10.2. The molecule has 224 valence electrons. The van der Waals surface area contributed by atoms with Gasteiger partial charge in [-0.15, -0.1) is 0 Å². The van der Waals surface area contributed by atoms with Crippen LogP contribution in [-0.4, -0.2) is 50.1 Å². The molecule has 0 radical (unpaired) electrons. The van der Waals surface area contributed by atoms with Gasteiger partial charge in [-0.3, -0.25) is 14.6 Å². The van der Waals surface area contributed by atoms with Gasteiger partial charge in [0.2, 0.25) is 0 Å². The number of nitrogens with one attached hydrogen (secondary N) is 3. The number of piperidine rings is 1. The molecular weight excluding hydrogens is 558 g/mol. The van der Waals surface area contributed by atoms with Crippen LogP contribution in [0.5, 0.6) is 23.0 Å². The first kappa shape index (κ1) is 29.7. The van der Waals surface area contributed by atoms with E-state index in [4.69, 9.17) is 14.2 Å². The SMILES string of the molecule is COc1cc2c(Oc3ccc(NC(=O)C(=O)NCCc4ccc(F)cc4)cc3F)ccnc2cc1OCC1CCNCC1. The van der Waals surface area contributed by atoms with Gasteiger partial charge in [0.15, 0.2) is 23.1 Å². The van der Waals surface area contributed by atoms with Crippen molar-refractivity contribution in [2.75, 3.05) is 38.7 Å². The van der Waals surface area contributed by atoms with Crippen LogP contribution in [-0.2, 0) is 16.0 Å². The Labute approximate surface area is 247 Å². The predicted molar refractivity (Wildman–Crippen MR) is 158 cm³/mol. The zero-order valence-electron chi connectivity index (χ0n) is 23.6. The molecule has 2 amide bonds. The third kappa shape index (κ3) is 7.75. The molecule has 4 aromatic rings. The molecule has 1 saturated heterocycles. The van der Waals surface area contributed by atoms with Crippen LogP contribution in [0.25, 0.3) is 10.9 Å². The van der Waals surface area contributed by atoms with Crippen LogP contribution in [0, 0.1) is 17.6 Å². The Hall–Kier alpha value is -4.77. The Morgan fingerprint density at radius 3 is 2.47 bits per heavy atom. The molecule has 3 N–H and O–H groups in total.